The van der Waals surface area contributed by atoms with Crippen molar-refractivity contribution in [3.63, 3.8) is 0 Å². The third kappa shape index (κ3) is 2.81. The van der Waals surface area contributed by atoms with Crippen LogP contribution in [0.25, 0.3) is 0 Å². The number of nitrogens with zero attached hydrogens (tertiary/aromatic N) is 2. The highest BCUT2D eigenvalue weighted by Crippen LogP contribution is 2.35. The van der Waals surface area contributed by atoms with Crippen LogP contribution in [0, 0.1) is 5.82 Å². The third-order valence-corrected chi connectivity index (χ3v) is 4.53. The number of piperidine rings is 1. The van der Waals surface area contributed by atoms with E-state index in [0.29, 0.717) is 13.0 Å². The highest BCUT2D eigenvalue weighted by Gasteiger charge is 2.51. The van der Waals surface area contributed by atoms with Crippen LogP contribution in [0.2, 0.25) is 5.02 Å². The number of carbonyl (C=O) groups is 2. The number of fused-ring (bicyclic) bond motifs is 1. The molecule has 1 amide bonds. The van der Waals surface area contributed by atoms with Crippen molar-refractivity contribution in [2.24, 2.45) is 0 Å². The standard InChI is InChI=1S/C16H18ClFN2O3/c1-2-23-16(22)14-19-8-4-3-5-13(19)15(21)20(14)12-7-6-10(17)9-11(12)18/h6-7,9,13-14H,2-5,8H2,1H3. The number of hydrogen-bond acceptors (Lipinski definition) is 4. The first-order valence-corrected chi connectivity index (χ1v) is 8.13. The highest BCUT2D eigenvalue weighted by molar-refractivity contribution is 6.30. The molecule has 0 saturated carbocycles. The van der Waals surface area contributed by atoms with E-state index in [1.54, 1.807) is 6.92 Å². The van der Waals surface area contributed by atoms with Crippen LogP contribution < -0.4 is 4.90 Å². The Hall–Kier alpha value is -1.66. The SMILES string of the molecule is CCOC(=O)C1N(c2ccc(Cl)cc2F)C(=O)C2CCCCN21. The van der Waals surface area contributed by atoms with Gasteiger partial charge in [0.1, 0.15) is 5.82 Å². The van der Waals surface area contributed by atoms with E-state index in [1.807, 2.05) is 4.90 Å². The van der Waals surface area contributed by atoms with E-state index in [1.165, 1.54) is 17.0 Å². The molecule has 1 aromatic carbocycles. The molecular formula is C16H18ClFN2O3. The van der Waals surface area contributed by atoms with Crippen LogP contribution in [0.5, 0.6) is 0 Å². The van der Waals surface area contributed by atoms with E-state index in [4.69, 9.17) is 16.3 Å². The van der Waals surface area contributed by atoms with Crippen LogP contribution in [-0.2, 0) is 14.3 Å². The average molecular weight is 341 g/mol. The summed E-state index contributed by atoms with van der Waals surface area (Å²) < 4.78 is 19.4. The van der Waals surface area contributed by atoms with Crippen molar-refractivity contribution in [3.8, 4) is 0 Å². The molecule has 2 fully saturated rings. The number of benzene rings is 1. The van der Waals surface area contributed by atoms with E-state index >= 15 is 0 Å². The van der Waals surface area contributed by atoms with Gasteiger partial charge in [-0.1, -0.05) is 18.0 Å². The second kappa shape index (κ2) is 6.45. The van der Waals surface area contributed by atoms with Crippen LogP contribution >= 0.6 is 11.6 Å². The van der Waals surface area contributed by atoms with Gasteiger partial charge in [-0.25, -0.2) is 9.18 Å². The molecule has 5 nitrogen and oxygen atoms in total. The lowest BCUT2D eigenvalue weighted by Gasteiger charge is -2.31. The Bertz CT molecular complexity index is 640. The number of amides is 1. The van der Waals surface area contributed by atoms with E-state index in [0.717, 1.165) is 18.9 Å². The fraction of sp³-hybridized carbons (Fsp3) is 0.500. The van der Waals surface area contributed by atoms with Crippen LogP contribution in [0.3, 0.4) is 0 Å². The molecule has 0 aromatic heterocycles. The molecule has 0 N–H and O–H groups in total. The maximum atomic E-state index is 14.3. The number of hydrogen-bond donors (Lipinski definition) is 0. The molecule has 2 heterocycles. The van der Waals surface area contributed by atoms with E-state index in [2.05, 4.69) is 0 Å². The van der Waals surface area contributed by atoms with Gasteiger partial charge >= 0.3 is 5.97 Å². The molecule has 124 valence electrons. The van der Waals surface area contributed by atoms with Crippen LogP contribution in [0.15, 0.2) is 18.2 Å². The second-order valence-electron chi connectivity index (χ2n) is 5.68. The smallest absolute Gasteiger partial charge is 0.344 e. The zero-order chi connectivity index (χ0) is 16.6. The van der Waals surface area contributed by atoms with Crippen molar-refractivity contribution >= 4 is 29.2 Å². The van der Waals surface area contributed by atoms with Crippen LogP contribution in [-0.4, -0.2) is 42.1 Å². The molecule has 2 saturated heterocycles. The second-order valence-corrected chi connectivity index (χ2v) is 6.12. The van der Waals surface area contributed by atoms with Gasteiger partial charge in [-0.2, -0.15) is 0 Å². The largest absolute Gasteiger partial charge is 0.463 e. The Morgan fingerprint density at radius 2 is 2.22 bits per heavy atom. The van der Waals surface area contributed by atoms with Crippen LogP contribution in [0.1, 0.15) is 26.2 Å². The summed E-state index contributed by atoms with van der Waals surface area (Å²) in [6.07, 6.45) is 1.57. The quantitative estimate of drug-likeness (QED) is 0.794. The molecule has 2 aliphatic heterocycles. The van der Waals surface area contributed by atoms with Gasteiger partial charge < -0.3 is 4.74 Å². The summed E-state index contributed by atoms with van der Waals surface area (Å²) >= 11 is 5.79. The normalized spacial score (nSPS) is 24.7. The number of anilines is 1. The van der Waals surface area contributed by atoms with Gasteiger partial charge in [0.2, 0.25) is 5.91 Å². The zero-order valence-electron chi connectivity index (χ0n) is 12.8. The molecule has 23 heavy (non-hydrogen) atoms. The van der Waals surface area contributed by atoms with Gasteiger partial charge in [0.05, 0.1) is 18.3 Å². The summed E-state index contributed by atoms with van der Waals surface area (Å²) in [5.41, 5.74) is 0.0619. The molecule has 2 aliphatic rings. The lowest BCUT2D eigenvalue weighted by atomic mass is 10.0. The van der Waals surface area contributed by atoms with Gasteiger partial charge in [0.25, 0.3) is 0 Å². The minimum Gasteiger partial charge on any atom is -0.463 e. The predicted octanol–water partition coefficient (Wildman–Crippen LogP) is 2.57. The molecule has 2 unspecified atom stereocenters. The van der Waals surface area contributed by atoms with Gasteiger partial charge in [-0.05, 0) is 38.0 Å². The Labute approximate surface area is 138 Å². The molecule has 7 heteroatoms. The summed E-state index contributed by atoms with van der Waals surface area (Å²) in [5, 5.41) is 0.239. The van der Waals surface area contributed by atoms with Gasteiger partial charge in [0, 0.05) is 11.6 Å². The summed E-state index contributed by atoms with van der Waals surface area (Å²) in [6.45, 7) is 2.53. The molecule has 0 bridgehead atoms. The minimum absolute atomic E-state index is 0.0619. The molecule has 3 rings (SSSR count). The number of ether oxygens (including phenoxy) is 1. The Balaban J connectivity index is 2.03. The van der Waals surface area contributed by atoms with Crippen molar-refractivity contribution in [2.75, 3.05) is 18.1 Å². The third-order valence-electron chi connectivity index (χ3n) is 4.29. The molecule has 0 aliphatic carbocycles. The average Bonchev–Trinajstić information content (AvgIpc) is 2.81. The fourth-order valence-electron chi connectivity index (χ4n) is 3.33. The van der Waals surface area contributed by atoms with Gasteiger partial charge in [-0.3, -0.25) is 14.6 Å². The monoisotopic (exact) mass is 340 g/mol. The molecule has 0 radical (unpaired) electrons. The maximum Gasteiger partial charge on any atom is 0.344 e. The molecule has 2 atom stereocenters. The first-order valence-electron chi connectivity index (χ1n) is 7.75. The van der Waals surface area contributed by atoms with E-state index in [-0.39, 0.29) is 23.2 Å². The lowest BCUT2D eigenvalue weighted by molar-refractivity contribution is -0.149. The van der Waals surface area contributed by atoms with E-state index in [9.17, 15) is 14.0 Å². The number of halogens is 2. The van der Waals surface area contributed by atoms with Crippen molar-refractivity contribution < 1.29 is 18.7 Å². The Morgan fingerprint density at radius 1 is 1.43 bits per heavy atom. The topological polar surface area (TPSA) is 49.9 Å². The first kappa shape index (κ1) is 16.2. The minimum atomic E-state index is -0.913. The van der Waals surface area contributed by atoms with Gasteiger partial charge in [-0.15, -0.1) is 0 Å². The number of esters is 1. The van der Waals surface area contributed by atoms with Crippen molar-refractivity contribution in [3.05, 3.63) is 29.0 Å². The number of carbonyl (C=O) groups excluding carboxylic acids is 2. The molecule has 0 spiro atoms. The van der Waals surface area contributed by atoms with Crippen LogP contribution in [0.4, 0.5) is 10.1 Å². The zero-order valence-corrected chi connectivity index (χ0v) is 13.6. The predicted molar refractivity (Wildman–Crippen MR) is 83.7 cm³/mol. The van der Waals surface area contributed by atoms with Crippen molar-refractivity contribution in [2.45, 2.75) is 38.4 Å². The summed E-state index contributed by atoms with van der Waals surface area (Å²) in [4.78, 5) is 28.2. The summed E-state index contributed by atoms with van der Waals surface area (Å²) in [7, 11) is 0. The molecule has 1 aromatic rings. The number of rotatable bonds is 3. The Morgan fingerprint density at radius 3 is 2.91 bits per heavy atom. The van der Waals surface area contributed by atoms with Gasteiger partial charge in [0.15, 0.2) is 6.17 Å². The van der Waals surface area contributed by atoms with Crippen molar-refractivity contribution in [1.82, 2.24) is 4.90 Å². The molecular weight excluding hydrogens is 323 g/mol. The summed E-state index contributed by atoms with van der Waals surface area (Å²) in [6, 6.07) is 3.68. The highest BCUT2D eigenvalue weighted by atomic mass is 35.5. The van der Waals surface area contributed by atoms with Crippen molar-refractivity contribution in [1.29, 1.82) is 0 Å². The lowest BCUT2D eigenvalue weighted by Crippen LogP contribution is -2.49. The maximum absolute atomic E-state index is 14.3. The summed E-state index contributed by atoms with van der Waals surface area (Å²) in [5.74, 6) is -1.41. The van der Waals surface area contributed by atoms with E-state index < -0.39 is 24.0 Å². The first-order chi connectivity index (χ1) is 11.0. The fourth-order valence-corrected chi connectivity index (χ4v) is 3.48. The Kier molecular flexibility index (Phi) is 4.55.